The quantitative estimate of drug-likeness (QED) is 0.0727. The molecule has 0 spiro atoms. The molecule has 2 fully saturated rings. The smallest absolute Gasteiger partial charge is 0.409 e. The van der Waals surface area contributed by atoms with E-state index < -0.39 is 41.0 Å². The minimum atomic E-state index is -1.36. The highest BCUT2D eigenvalue weighted by molar-refractivity contribution is 8.00. The molecule has 4 rings (SSSR count). The summed E-state index contributed by atoms with van der Waals surface area (Å²) < 4.78 is 4.98. The number of thiazole rings is 1. The number of ether oxygens (including phenoxy) is 1. The van der Waals surface area contributed by atoms with Crippen molar-refractivity contribution in [2.75, 3.05) is 44.3 Å². The number of fused-ring (bicyclic) bond motifs is 1. The van der Waals surface area contributed by atoms with Crippen LogP contribution >= 0.6 is 23.1 Å². The Balaban J connectivity index is 1.36. The van der Waals surface area contributed by atoms with Gasteiger partial charge in [0.05, 0.1) is 12.8 Å². The molecule has 4 heterocycles. The zero-order chi connectivity index (χ0) is 29.0. The molecule has 3 amide bonds. The molecule has 0 unspecified atom stereocenters. The largest absolute Gasteiger partial charge is 0.477 e. The van der Waals surface area contributed by atoms with E-state index in [4.69, 9.17) is 15.9 Å². The maximum Gasteiger partial charge on any atom is 0.409 e. The van der Waals surface area contributed by atoms with Crippen LogP contribution in [0.1, 0.15) is 12.6 Å². The standard InChI is InChI=1S/C21H26N10O7S2/c1-2-38-21(36)30-5-3-29(4-6-30)19(22)27-24-7-10-8-39-17-13(16(33)31(17)14(10)18(34)35)26-15(32)12(28-37)11-9-40-20(23)25-11/h7,9,13,17,37H,2-6,8H2,1H3,(H2,22,27)(H2,23,25)(H,26,32)(H,34,35)/t13-,17-/m1/s1. The van der Waals surface area contributed by atoms with Crippen LogP contribution in [-0.4, -0.2) is 122 Å². The number of nitrogen functional groups attached to an aromatic ring is 1. The number of aliphatic carboxylic acids is 1. The summed E-state index contributed by atoms with van der Waals surface area (Å²) in [7, 11) is 0. The molecule has 40 heavy (non-hydrogen) atoms. The van der Waals surface area contributed by atoms with E-state index in [0.717, 1.165) is 16.2 Å². The lowest BCUT2D eigenvalue weighted by atomic mass is 10.0. The Bertz CT molecular complexity index is 1300. The van der Waals surface area contributed by atoms with E-state index in [0.29, 0.717) is 26.2 Å². The van der Waals surface area contributed by atoms with E-state index >= 15 is 0 Å². The highest BCUT2D eigenvalue weighted by Crippen LogP contribution is 2.40. The summed E-state index contributed by atoms with van der Waals surface area (Å²) in [5, 5.41) is 37.6. The summed E-state index contributed by atoms with van der Waals surface area (Å²) in [5.74, 6) is -2.77. The number of hydrogen-bond donors (Lipinski definition) is 6. The van der Waals surface area contributed by atoms with E-state index in [1.165, 1.54) is 23.4 Å². The van der Waals surface area contributed by atoms with Crippen molar-refractivity contribution in [1.29, 1.82) is 5.41 Å². The van der Waals surface area contributed by atoms with Crippen LogP contribution in [0.5, 0.6) is 0 Å². The number of nitrogens with one attached hydrogen (secondary N) is 3. The van der Waals surface area contributed by atoms with Crippen LogP contribution in [0.25, 0.3) is 0 Å². The lowest BCUT2D eigenvalue weighted by Gasteiger charge is -2.49. The zero-order valence-electron chi connectivity index (χ0n) is 21.1. The number of aromatic nitrogens is 1. The number of hydrogen-bond acceptors (Lipinski definition) is 13. The Morgan fingerprint density at radius 3 is 2.60 bits per heavy atom. The molecule has 0 aromatic carbocycles. The van der Waals surface area contributed by atoms with Gasteiger partial charge in [-0.25, -0.2) is 20.0 Å². The molecule has 214 valence electrons. The monoisotopic (exact) mass is 594 g/mol. The lowest BCUT2D eigenvalue weighted by Crippen LogP contribution is -2.71. The van der Waals surface area contributed by atoms with Gasteiger partial charge in [-0.15, -0.1) is 23.1 Å². The molecule has 2 atom stereocenters. The van der Waals surface area contributed by atoms with Crippen LogP contribution < -0.4 is 16.5 Å². The van der Waals surface area contributed by atoms with Crippen molar-refractivity contribution >= 4 is 70.0 Å². The number of nitrogens with two attached hydrogens (primary N) is 1. The van der Waals surface area contributed by atoms with Crippen LogP contribution in [0.4, 0.5) is 9.93 Å². The third-order valence-corrected chi connectivity index (χ3v) is 8.06. The van der Waals surface area contributed by atoms with Crippen molar-refractivity contribution < 1.29 is 34.2 Å². The van der Waals surface area contributed by atoms with Gasteiger partial charge in [0, 0.05) is 42.9 Å². The topological polar surface area (TPSA) is 239 Å². The molecule has 3 aliphatic heterocycles. The molecule has 7 N–H and O–H groups in total. The first-order chi connectivity index (χ1) is 19.2. The molecular weight excluding hydrogens is 568 g/mol. The van der Waals surface area contributed by atoms with Gasteiger partial charge in [0.15, 0.2) is 10.8 Å². The number of thioether (sulfide) groups is 1. The molecule has 19 heteroatoms. The number of guanidine groups is 1. The fourth-order valence-electron chi connectivity index (χ4n) is 4.13. The number of oxime groups is 1. The van der Waals surface area contributed by atoms with Crippen molar-refractivity contribution in [1.82, 2.24) is 30.4 Å². The van der Waals surface area contributed by atoms with Gasteiger partial charge in [-0.1, -0.05) is 5.16 Å². The highest BCUT2D eigenvalue weighted by atomic mass is 32.2. The van der Waals surface area contributed by atoms with Crippen molar-refractivity contribution in [3.8, 4) is 0 Å². The third-order valence-electron chi connectivity index (χ3n) is 6.08. The normalized spacial score (nSPS) is 21.2. The summed E-state index contributed by atoms with van der Waals surface area (Å²) in [6, 6.07) is -1.06. The molecular formula is C21H26N10O7S2. The second-order valence-corrected chi connectivity index (χ2v) is 10.4. The summed E-state index contributed by atoms with van der Waals surface area (Å²) in [4.78, 5) is 57.5. The molecule has 0 bridgehead atoms. The minimum absolute atomic E-state index is 0.0333. The third kappa shape index (κ3) is 5.78. The van der Waals surface area contributed by atoms with Crippen molar-refractivity contribution in [2.45, 2.75) is 18.3 Å². The second-order valence-electron chi connectivity index (χ2n) is 8.45. The SMILES string of the molecule is CCOC(=O)N1CCN(C(=N)NN=CC2=C(C(=O)O)N3C(=O)[C@@H](NC(=O)C(=NO)c4csc(N)n4)[C@H]3SC2)CC1. The highest BCUT2D eigenvalue weighted by Gasteiger charge is 2.54. The first-order valence-corrected chi connectivity index (χ1v) is 13.8. The fraction of sp³-hybridized carbons (Fsp3) is 0.429. The molecule has 3 aliphatic rings. The Hall–Kier alpha value is -4.39. The molecule has 0 radical (unpaired) electrons. The van der Waals surface area contributed by atoms with Crippen molar-refractivity contribution in [3.63, 3.8) is 0 Å². The van der Waals surface area contributed by atoms with Gasteiger partial charge in [0.25, 0.3) is 11.8 Å². The van der Waals surface area contributed by atoms with Crippen LogP contribution in [0.15, 0.2) is 26.9 Å². The lowest BCUT2D eigenvalue weighted by molar-refractivity contribution is -0.150. The maximum absolute atomic E-state index is 12.9. The fourth-order valence-corrected chi connectivity index (χ4v) is 5.98. The number of β-lactam (4-membered cyclic amide) rings is 1. The van der Waals surface area contributed by atoms with Crippen LogP contribution in [0, 0.1) is 5.41 Å². The van der Waals surface area contributed by atoms with E-state index in [1.807, 2.05) is 0 Å². The number of piperazine rings is 1. The number of anilines is 1. The number of amides is 3. The Morgan fingerprint density at radius 1 is 1.30 bits per heavy atom. The van der Waals surface area contributed by atoms with Crippen LogP contribution in [0.2, 0.25) is 0 Å². The number of carbonyl (C=O) groups excluding carboxylic acids is 3. The average molecular weight is 595 g/mol. The van der Waals surface area contributed by atoms with Crippen molar-refractivity contribution in [3.05, 3.63) is 22.3 Å². The Morgan fingerprint density at radius 2 is 2.00 bits per heavy atom. The van der Waals surface area contributed by atoms with Gasteiger partial charge in [0.2, 0.25) is 5.96 Å². The van der Waals surface area contributed by atoms with Gasteiger partial charge in [0.1, 0.15) is 22.8 Å². The van der Waals surface area contributed by atoms with E-state index in [-0.39, 0.29) is 40.4 Å². The summed E-state index contributed by atoms with van der Waals surface area (Å²) in [5.41, 5.74) is 7.65. The summed E-state index contributed by atoms with van der Waals surface area (Å²) >= 11 is 2.25. The molecule has 0 saturated carbocycles. The second kappa shape index (κ2) is 12.2. The predicted molar refractivity (Wildman–Crippen MR) is 144 cm³/mol. The van der Waals surface area contributed by atoms with Crippen LogP contribution in [0.3, 0.4) is 0 Å². The van der Waals surface area contributed by atoms with Gasteiger partial charge >= 0.3 is 12.1 Å². The van der Waals surface area contributed by atoms with E-state index in [2.05, 4.69) is 26.0 Å². The summed E-state index contributed by atoms with van der Waals surface area (Å²) in [6.45, 7) is 3.51. The Labute approximate surface area is 235 Å². The molecule has 2 saturated heterocycles. The van der Waals surface area contributed by atoms with Crippen LogP contribution in [-0.2, 0) is 19.1 Å². The Kier molecular flexibility index (Phi) is 8.73. The summed E-state index contributed by atoms with van der Waals surface area (Å²) in [6.07, 6.45) is 0.827. The molecule has 1 aromatic heterocycles. The van der Waals surface area contributed by atoms with E-state index in [1.54, 1.807) is 16.7 Å². The first kappa shape index (κ1) is 28.6. The first-order valence-electron chi connectivity index (χ1n) is 11.9. The zero-order valence-corrected chi connectivity index (χ0v) is 22.7. The number of carboxylic acid groups (broad SMARTS) is 1. The number of hydrazone groups is 1. The van der Waals surface area contributed by atoms with E-state index in [9.17, 15) is 29.5 Å². The molecule has 0 aliphatic carbocycles. The van der Waals surface area contributed by atoms with Gasteiger partial charge in [-0.05, 0) is 6.92 Å². The average Bonchev–Trinajstić information content (AvgIpc) is 3.37. The van der Waals surface area contributed by atoms with Crippen molar-refractivity contribution in [2.24, 2.45) is 10.3 Å². The molecule has 1 aromatic rings. The van der Waals surface area contributed by atoms with Gasteiger partial charge in [-0.2, -0.15) is 5.10 Å². The molecule has 17 nitrogen and oxygen atoms in total. The maximum atomic E-state index is 12.9. The predicted octanol–water partition coefficient (Wildman–Crippen LogP) is -1.07. The minimum Gasteiger partial charge on any atom is -0.477 e. The van der Waals surface area contributed by atoms with Gasteiger partial charge in [-0.3, -0.25) is 19.9 Å². The number of carboxylic acids is 1. The number of carbonyl (C=O) groups is 4. The van der Waals surface area contributed by atoms with Gasteiger partial charge < -0.3 is 35.9 Å². The number of nitrogens with zero attached hydrogens (tertiary/aromatic N) is 6. The number of rotatable bonds is 7.